The highest BCUT2D eigenvalue weighted by Gasteiger charge is 2.00. The maximum atomic E-state index is 13.2. The highest BCUT2D eigenvalue weighted by Crippen LogP contribution is 2.11. The van der Waals surface area contributed by atoms with Gasteiger partial charge in [-0.25, -0.2) is 4.39 Å². The van der Waals surface area contributed by atoms with Gasteiger partial charge in [0.1, 0.15) is 5.82 Å². The SMILES string of the molecule is N#CC=Cc1ccc(CC#N)c(F)c1. The van der Waals surface area contributed by atoms with E-state index in [1.165, 1.54) is 18.2 Å². The van der Waals surface area contributed by atoms with Gasteiger partial charge in [-0.05, 0) is 17.7 Å². The number of nitriles is 2. The second-order valence-electron chi connectivity index (χ2n) is 2.65. The number of rotatable bonds is 2. The van der Waals surface area contributed by atoms with Crippen molar-refractivity contribution in [1.82, 2.24) is 0 Å². The number of halogens is 1. The van der Waals surface area contributed by atoms with E-state index in [1.54, 1.807) is 12.1 Å². The number of hydrogen-bond acceptors (Lipinski definition) is 2. The van der Waals surface area contributed by atoms with E-state index >= 15 is 0 Å². The fraction of sp³-hybridized carbons (Fsp3) is 0.0909. The molecule has 0 aliphatic rings. The molecule has 0 saturated heterocycles. The first-order chi connectivity index (χ1) is 6.77. The topological polar surface area (TPSA) is 47.6 Å². The Hall–Kier alpha value is -2.13. The standard InChI is InChI=1S/C11H7FN2/c12-11-8-9(2-1-6-13)3-4-10(11)5-7-14/h1-4,8H,5H2. The Morgan fingerprint density at radius 2 is 2.14 bits per heavy atom. The van der Waals surface area contributed by atoms with E-state index in [2.05, 4.69) is 0 Å². The predicted octanol–water partition coefficient (Wildman–Crippen LogP) is 2.43. The summed E-state index contributed by atoms with van der Waals surface area (Å²) in [5.41, 5.74) is 0.993. The van der Waals surface area contributed by atoms with Gasteiger partial charge in [-0.2, -0.15) is 10.5 Å². The molecule has 0 aromatic heterocycles. The van der Waals surface area contributed by atoms with Gasteiger partial charge in [0.15, 0.2) is 0 Å². The summed E-state index contributed by atoms with van der Waals surface area (Å²) < 4.78 is 13.2. The van der Waals surface area contributed by atoms with Gasteiger partial charge < -0.3 is 0 Å². The molecule has 0 amide bonds. The molecular weight excluding hydrogens is 179 g/mol. The fourth-order valence-corrected chi connectivity index (χ4v) is 1.03. The smallest absolute Gasteiger partial charge is 0.128 e. The van der Waals surface area contributed by atoms with Crippen LogP contribution in [-0.2, 0) is 6.42 Å². The van der Waals surface area contributed by atoms with E-state index < -0.39 is 5.82 Å². The summed E-state index contributed by atoms with van der Waals surface area (Å²) in [4.78, 5) is 0. The quantitative estimate of drug-likeness (QED) is 0.666. The third-order valence-electron chi connectivity index (χ3n) is 1.70. The summed E-state index contributed by atoms with van der Waals surface area (Å²) in [6.07, 6.45) is 2.85. The molecule has 14 heavy (non-hydrogen) atoms. The van der Waals surface area contributed by atoms with Crippen molar-refractivity contribution in [3.8, 4) is 12.1 Å². The largest absolute Gasteiger partial charge is 0.207 e. The Balaban J connectivity index is 2.97. The molecule has 68 valence electrons. The third kappa shape index (κ3) is 2.43. The number of nitrogens with zero attached hydrogens (tertiary/aromatic N) is 2. The molecular formula is C11H7FN2. The van der Waals surface area contributed by atoms with Crippen molar-refractivity contribution < 1.29 is 4.39 Å². The Morgan fingerprint density at radius 1 is 1.36 bits per heavy atom. The molecule has 0 saturated carbocycles. The molecule has 0 bridgehead atoms. The second-order valence-corrected chi connectivity index (χ2v) is 2.65. The van der Waals surface area contributed by atoms with E-state index in [9.17, 15) is 4.39 Å². The lowest BCUT2D eigenvalue weighted by Crippen LogP contribution is -1.88. The molecule has 2 nitrogen and oxygen atoms in total. The number of benzene rings is 1. The van der Waals surface area contributed by atoms with Gasteiger partial charge in [-0.3, -0.25) is 0 Å². The zero-order valence-electron chi connectivity index (χ0n) is 7.37. The molecule has 3 heteroatoms. The molecule has 0 heterocycles. The molecule has 1 aromatic carbocycles. The minimum atomic E-state index is -0.411. The molecule has 0 radical (unpaired) electrons. The normalized spacial score (nSPS) is 9.64. The van der Waals surface area contributed by atoms with Crippen molar-refractivity contribution in [3.05, 3.63) is 41.2 Å². The molecule has 0 unspecified atom stereocenters. The zero-order chi connectivity index (χ0) is 10.4. The summed E-state index contributed by atoms with van der Waals surface area (Å²) in [5.74, 6) is -0.411. The fourth-order valence-electron chi connectivity index (χ4n) is 1.03. The van der Waals surface area contributed by atoms with Gasteiger partial charge in [0.25, 0.3) is 0 Å². The first-order valence-electron chi connectivity index (χ1n) is 3.99. The van der Waals surface area contributed by atoms with E-state index in [0.29, 0.717) is 11.1 Å². The van der Waals surface area contributed by atoms with E-state index in [0.717, 1.165) is 0 Å². The number of allylic oxidation sites excluding steroid dienone is 1. The lowest BCUT2D eigenvalue weighted by Gasteiger charge is -1.98. The molecule has 0 aliphatic heterocycles. The maximum Gasteiger partial charge on any atom is 0.128 e. The minimum Gasteiger partial charge on any atom is -0.207 e. The number of hydrogen-bond donors (Lipinski definition) is 0. The third-order valence-corrected chi connectivity index (χ3v) is 1.70. The molecule has 1 aromatic rings. The predicted molar refractivity (Wildman–Crippen MR) is 50.4 cm³/mol. The molecule has 0 fully saturated rings. The van der Waals surface area contributed by atoms with Gasteiger partial charge >= 0.3 is 0 Å². The molecule has 0 atom stereocenters. The summed E-state index contributed by atoms with van der Waals surface area (Å²) in [5, 5.41) is 16.6. The Kier molecular flexibility index (Phi) is 3.41. The lowest BCUT2D eigenvalue weighted by atomic mass is 10.1. The van der Waals surface area contributed by atoms with Crippen molar-refractivity contribution in [2.75, 3.05) is 0 Å². The molecule has 0 aliphatic carbocycles. The van der Waals surface area contributed by atoms with Crippen LogP contribution in [-0.4, -0.2) is 0 Å². The van der Waals surface area contributed by atoms with Crippen LogP contribution in [0.3, 0.4) is 0 Å². The zero-order valence-corrected chi connectivity index (χ0v) is 7.37. The van der Waals surface area contributed by atoms with Crippen LogP contribution < -0.4 is 0 Å². The summed E-state index contributed by atoms with van der Waals surface area (Å²) in [7, 11) is 0. The highest BCUT2D eigenvalue weighted by atomic mass is 19.1. The van der Waals surface area contributed by atoms with Crippen LogP contribution in [0.4, 0.5) is 4.39 Å². The van der Waals surface area contributed by atoms with Gasteiger partial charge in [-0.15, -0.1) is 0 Å². The van der Waals surface area contributed by atoms with Crippen molar-refractivity contribution in [3.63, 3.8) is 0 Å². The van der Waals surface area contributed by atoms with Crippen LogP contribution in [0.1, 0.15) is 11.1 Å². The van der Waals surface area contributed by atoms with Crippen LogP contribution in [0.2, 0.25) is 0 Å². The van der Waals surface area contributed by atoms with Gasteiger partial charge in [0, 0.05) is 11.6 Å². The van der Waals surface area contributed by atoms with Crippen LogP contribution in [0.5, 0.6) is 0 Å². The average Bonchev–Trinajstić information content (AvgIpc) is 2.19. The summed E-state index contributed by atoms with van der Waals surface area (Å²) in [6.45, 7) is 0. The van der Waals surface area contributed by atoms with Gasteiger partial charge in [-0.1, -0.05) is 12.1 Å². The van der Waals surface area contributed by atoms with Crippen molar-refractivity contribution in [2.45, 2.75) is 6.42 Å². The summed E-state index contributed by atoms with van der Waals surface area (Å²) in [6, 6.07) is 8.22. The molecule has 0 spiro atoms. The Bertz CT molecular complexity index is 436. The maximum absolute atomic E-state index is 13.2. The van der Waals surface area contributed by atoms with E-state index in [4.69, 9.17) is 10.5 Å². The average molecular weight is 186 g/mol. The first kappa shape index (κ1) is 9.95. The van der Waals surface area contributed by atoms with Crippen LogP contribution in [0, 0.1) is 28.5 Å². The lowest BCUT2D eigenvalue weighted by molar-refractivity contribution is 0.615. The van der Waals surface area contributed by atoms with Gasteiger partial charge in [0.2, 0.25) is 0 Å². The van der Waals surface area contributed by atoms with Crippen LogP contribution in [0.25, 0.3) is 6.08 Å². The van der Waals surface area contributed by atoms with Crippen LogP contribution >= 0.6 is 0 Å². The van der Waals surface area contributed by atoms with Crippen molar-refractivity contribution in [1.29, 1.82) is 10.5 Å². The van der Waals surface area contributed by atoms with Crippen molar-refractivity contribution >= 4 is 6.08 Å². The first-order valence-corrected chi connectivity index (χ1v) is 3.99. The monoisotopic (exact) mass is 186 g/mol. The van der Waals surface area contributed by atoms with Gasteiger partial charge in [0.05, 0.1) is 18.6 Å². The molecule has 1 rings (SSSR count). The molecule has 0 N–H and O–H groups in total. The highest BCUT2D eigenvalue weighted by molar-refractivity contribution is 5.52. The summed E-state index contributed by atoms with van der Waals surface area (Å²) >= 11 is 0. The second kappa shape index (κ2) is 4.79. The Labute approximate surface area is 81.5 Å². The van der Waals surface area contributed by atoms with E-state index in [1.807, 2.05) is 12.1 Å². The Morgan fingerprint density at radius 3 is 2.71 bits per heavy atom. The minimum absolute atomic E-state index is 0.0636. The van der Waals surface area contributed by atoms with Crippen molar-refractivity contribution in [2.24, 2.45) is 0 Å². The van der Waals surface area contributed by atoms with Crippen LogP contribution in [0.15, 0.2) is 24.3 Å². The van der Waals surface area contributed by atoms with E-state index in [-0.39, 0.29) is 6.42 Å².